The number of hydrogen-bond acceptors (Lipinski definition) is 5. The van der Waals surface area contributed by atoms with Gasteiger partial charge in [-0.2, -0.15) is 4.98 Å². The third-order valence-electron chi connectivity index (χ3n) is 4.13. The lowest BCUT2D eigenvalue weighted by molar-refractivity contribution is 0.0934. The van der Waals surface area contributed by atoms with Crippen LogP contribution in [0.5, 0.6) is 5.75 Å². The molecule has 0 aliphatic carbocycles. The first-order valence-electron chi connectivity index (χ1n) is 7.99. The first-order chi connectivity index (χ1) is 12.3. The molecule has 2 heterocycles. The number of imidazole rings is 1. The first kappa shape index (κ1) is 18.2. The van der Waals surface area contributed by atoms with Crippen LogP contribution >= 0.6 is 11.6 Å². The Morgan fingerprint density at radius 1 is 1.27 bits per heavy atom. The van der Waals surface area contributed by atoms with Crippen molar-refractivity contribution in [2.45, 2.75) is 19.6 Å². The van der Waals surface area contributed by atoms with Gasteiger partial charge >= 0.3 is 5.69 Å². The number of aryl methyl sites for hydroxylation is 2. The van der Waals surface area contributed by atoms with Crippen molar-refractivity contribution < 1.29 is 9.84 Å². The summed E-state index contributed by atoms with van der Waals surface area (Å²) in [5.74, 6) is 0.643. The largest absolute Gasteiger partial charge is 0.491 e. The Bertz CT molecular complexity index is 1080. The summed E-state index contributed by atoms with van der Waals surface area (Å²) >= 11 is 6.13. The van der Waals surface area contributed by atoms with E-state index in [1.165, 1.54) is 23.2 Å². The molecule has 0 aliphatic rings. The fourth-order valence-corrected chi connectivity index (χ4v) is 2.98. The molecule has 0 radical (unpaired) electrons. The second-order valence-electron chi connectivity index (χ2n) is 6.15. The minimum Gasteiger partial charge on any atom is -0.491 e. The standard InChI is InChI=1S/C17H19ClN4O4/c1-10-5-4-6-12(7-10)26-9-11(23)8-22-13-14(19-16(22)18)20(2)17(25)21(3)15(13)24/h4-7,11,23H,8-9H2,1-3H3/t11-/m1/s1. The third-order valence-corrected chi connectivity index (χ3v) is 4.42. The highest BCUT2D eigenvalue weighted by molar-refractivity contribution is 6.29. The monoisotopic (exact) mass is 378 g/mol. The summed E-state index contributed by atoms with van der Waals surface area (Å²) in [6, 6.07) is 7.46. The maximum Gasteiger partial charge on any atom is 0.332 e. The van der Waals surface area contributed by atoms with Crippen molar-refractivity contribution in [3.63, 3.8) is 0 Å². The Morgan fingerprint density at radius 3 is 2.69 bits per heavy atom. The van der Waals surface area contributed by atoms with Gasteiger partial charge in [0.15, 0.2) is 11.2 Å². The van der Waals surface area contributed by atoms with E-state index in [0.29, 0.717) is 5.75 Å². The molecule has 3 aromatic rings. The van der Waals surface area contributed by atoms with Crippen LogP contribution in [0.25, 0.3) is 11.2 Å². The van der Waals surface area contributed by atoms with E-state index in [1.807, 2.05) is 25.1 Å². The fraction of sp³-hybridized carbons (Fsp3) is 0.353. The van der Waals surface area contributed by atoms with E-state index in [4.69, 9.17) is 16.3 Å². The number of aliphatic hydroxyl groups is 1. The molecule has 26 heavy (non-hydrogen) atoms. The predicted octanol–water partition coefficient (Wildman–Crippen LogP) is 0.835. The molecular weight excluding hydrogens is 360 g/mol. The molecule has 8 nitrogen and oxygen atoms in total. The Labute approximate surface area is 153 Å². The van der Waals surface area contributed by atoms with Gasteiger partial charge in [-0.25, -0.2) is 4.79 Å². The highest BCUT2D eigenvalue weighted by atomic mass is 35.5. The molecule has 3 rings (SSSR count). The van der Waals surface area contributed by atoms with E-state index >= 15 is 0 Å². The van der Waals surface area contributed by atoms with E-state index < -0.39 is 17.4 Å². The Morgan fingerprint density at radius 2 is 2.00 bits per heavy atom. The number of aromatic nitrogens is 4. The maximum atomic E-state index is 12.5. The summed E-state index contributed by atoms with van der Waals surface area (Å²) in [6.07, 6.45) is -0.924. The predicted molar refractivity (Wildman–Crippen MR) is 97.9 cm³/mol. The number of aliphatic hydroxyl groups excluding tert-OH is 1. The van der Waals surface area contributed by atoms with Crippen LogP contribution in [0.2, 0.25) is 5.28 Å². The van der Waals surface area contributed by atoms with Crippen LogP contribution in [0.1, 0.15) is 5.56 Å². The van der Waals surface area contributed by atoms with Crippen molar-refractivity contribution in [2.75, 3.05) is 6.61 Å². The molecule has 1 N–H and O–H groups in total. The normalized spacial score (nSPS) is 12.5. The maximum absolute atomic E-state index is 12.5. The van der Waals surface area contributed by atoms with Crippen LogP contribution in [0.4, 0.5) is 0 Å². The Hall–Kier alpha value is -2.58. The highest BCUT2D eigenvalue weighted by Crippen LogP contribution is 2.17. The second kappa shape index (κ2) is 6.97. The van der Waals surface area contributed by atoms with Gasteiger partial charge in [0.2, 0.25) is 5.28 Å². The van der Waals surface area contributed by atoms with Gasteiger partial charge in [-0.1, -0.05) is 12.1 Å². The number of rotatable bonds is 5. The molecule has 0 aliphatic heterocycles. The van der Waals surface area contributed by atoms with Gasteiger partial charge in [-0.15, -0.1) is 0 Å². The van der Waals surface area contributed by atoms with Gasteiger partial charge in [0.05, 0.1) is 6.54 Å². The molecule has 0 bridgehead atoms. The number of halogens is 1. The first-order valence-corrected chi connectivity index (χ1v) is 8.36. The van der Waals surface area contributed by atoms with Crippen LogP contribution in [0.15, 0.2) is 33.9 Å². The molecule has 9 heteroatoms. The van der Waals surface area contributed by atoms with Gasteiger partial charge in [0, 0.05) is 14.1 Å². The van der Waals surface area contributed by atoms with E-state index in [2.05, 4.69) is 4.98 Å². The quantitative estimate of drug-likeness (QED) is 0.664. The number of hydrogen-bond donors (Lipinski definition) is 1. The minimum absolute atomic E-state index is 0.00852. The average molecular weight is 379 g/mol. The van der Waals surface area contributed by atoms with Crippen molar-refractivity contribution in [3.05, 3.63) is 56.0 Å². The molecular formula is C17H19ClN4O4. The van der Waals surface area contributed by atoms with Gasteiger partial charge in [-0.05, 0) is 36.2 Å². The zero-order valence-corrected chi connectivity index (χ0v) is 15.4. The van der Waals surface area contributed by atoms with Crippen LogP contribution in [0, 0.1) is 6.92 Å². The van der Waals surface area contributed by atoms with Crippen molar-refractivity contribution >= 4 is 22.8 Å². The zero-order chi connectivity index (χ0) is 19.0. The molecule has 0 saturated carbocycles. The lowest BCUT2D eigenvalue weighted by Crippen LogP contribution is -2.38. The SMILES string of the molecule is Cc1cccc(OC[C@H](O)Cn2c(Cl)nc3c2c(=O)n(C)c(=O)n3C)c1. The zero-order valence-electron chi connectivity index (χ0n) is 14.6. The van der Waals surface area contributed by atoms with Crippen LogP contribution in [-0.4, -0.2) is 36.5 Å². The molecule has 138 valence electrons. The van der Waals surface area contributed by atoms with Crippen LogP contribution in [-0.2, 0) is 20.6 Å². The smallest absolute Gasteiger partial charge is 0.332 e. The Kier molecular flexibility index (Phi) is 4.88. The summed E-state index contributed by atoms with van der Waals surface area (Å²) in [7, 11) is 2.89. The molecule has 1 atom stereocenters. The highest BCUT2D eigenvalue weighted by Gasteiger charge is 2.20. The van der Waals surface area contributed by atoms with E-state index in [1.54, 1.807) is 6.07 Å². The van der Waals surface area contributed by atoms with Crippen molar-refractivity contribution in [3.8, 4) is 5.75 Å². The van der Waals surface area contributed by atoms with Crippen molar-refractivity contribution in [1.82, 2.24) is 18.7 Å². The average Bonchev–Trinajstić information content (AvgIpc) is 2.93. The van der Waals surface area contributed by atoms with Gasteiger partial charge in [0.25, 0.3) is 5.56 Å². The molecule has 0 spiro atoms. The van der Waals surface area contributed by atoms with Crippen LogP contribution < -0.4 is 16.0 Å². The molecule has 0 unspecified atom stereocenters. The Balaban J connectivity index is 1.88. The fourth-order valence-electron chi connectivity index (χ4n) is 2.75. The van der Waals surface area contributed by atoms with E-state index in [9.17, 15) is 14.7 Å². The summed E-state index contributed by atoms with van der Waals surface area (Å²) in [4.78, 5) is 28.5. The van der Waals surface area contributed by atoms with Crippen molar-refractivity contribution in [1.29, 1.82) is 0 Å². The number of fused-ring (bicyclic) bond motifs is 1. The van der Waals surface area contributed by atoms with Gasteiger partial charge in [-0.3, -0.25) is 13.9 Å². The molecule has 1 aromatic carbocycles. The van der Waals surface area contributed by atoms with E-state index in [-0.39, 0.29) is 29.6 Å². The van der Waals surface area contributed by atoms with Crippen molar-refractivity contribution in [2.24, 2.45) is 14.1 Å². The lowest BCUT2D eigenvalue weighted by Gasteiger charge is -2.14. The summed E-state index contributed by atoms with van der Waals surface area (Å²) in [5, 5.41) is 10.3. The van der Waals surface area contributed by atoms with E-state index in [0.717, 1.165) is 10.1 Å². The topological polar surface area (TPSA) is 91.3 Å². The number of ether oxygens (including phenoxy) is 1. The van der Waals surface area contributed by atoms with Crippen LogP contribution in [0.3, 0.4) is 0 Å². The molecule has 0 saturated heterocycles. The number of benzene rings is 1. The van der Waals surface area contributed by atoms with Gasteiger partial charge < -0.3 is 14.4 Å². The molecule has 0 fully saturated rings. The summed E-state index contributed by atoms with van der Waals surface area (Å²) in [5.41, 5.74) is 0.371. The third kappa shape index (κ3) is 3.25. The molecule has 2 aromatic heterocycles. The van der Waals surface area contributed by atoms with Gasteiger partial charge in [0.1, 0.15) is 18.5 Å². The molecule has 0 amide bonds. The summed E-state index contributed by atoms with van der Waals surface area (Å²) in [6.45, 7) is 1.97. The lowest BCUT2D eigenvalue weighted by atomic mass is 10.2. The second-order valence-corrected chi connectivity index (χ2v) is 6.49. The minimum atomic E-state index is -0.924. The summed E-state index contributed by atoms with van der Waals surface area (Å²) < 4.78 is 9.20. The number of nitrogens with zero attached hydrogens (tertiary/aromatic N) is 4.